The minimum atomic E-state index is -4.79. The first-order valence-corrected chi connectivity index (χ1v) is 16.6. The third kappa shape index (κ3) is 6.76. The predicted octanol–water partition coefficient (Wildman–Crippen LogP) is 7.69. The van der Waals surface area contributed by atoms with E-state index in [2.05, 4.69) is 30.4 Å². The molecule has 6 aromatic rings. The monoisotopic (exact) mass is 682 g/mol. The van der Waals surface area contributed by atoms with E-state index in [0.29, 0.717) is 33.2 Å². The Morgan fingerprint density at radius 3 is 1.35 bits per heavy atom. The van der Waals surface area contributed by atoms with E-state index in [1.54, 1.807) is 24.3 Å². The van der Waals surface area contributed by atoms with E-state index in [1.807, 2.05) is 0 Å². The summed E-state index contributed by atoms with van der Waals surface area (Å²) in [7, 11) is -9.58. The van der Waals surface area contributed by atoms with Crippen LogP contribution in [0, 0.1) is 0 Å². The van der Waals surface area contributed by atoms with Crippen LogP contribution in [0.15, 0.2) is 128 Å². The molecule has 0 aliphatic carbocycles. The van der Waals surface area contributed by atoms with Gasteiger partial charge in [-0.15, -0.1) is 10.2 Å². The summed E-state index contributed by atoms with van der Waals surface area (Å²) >= 11 is 0. The molecule has 0 spiro atoms. The molecule has 2 aromatic heterocycles. The zero-order valence-corrected chi connectivity index (χ0v) is 25.9. The lowest BCUT2D eigenvalue weighted by atomic mass is 10.1. The van der Waals surface area contributed by atoms with Crippen LogP contribution >= 0.6 is 0 Å². The SMILES string of the molecule is O=S(=O)(O)c1cc(N=Nc2ccc(O)c3ncccc23)ccc1C=Cc1ccc(N=Nc2ccc(O)c3ncccc23)cc1S(=O)(=O)O. The molecule has 0 amide bonds. The molecule has 0 bridgehead atoms. The van der Waals surface area contributed by atoms with Crippen molar-refractivity contribution >= 4 is 76.9 Å². The molecule has 4 N–H and O–H groups in total. The lowest BCUT2D eigenvalue weighted by Gasteiger charge is -2.07. The molecule has 0 atom stereocenters. The van der Waals surface area contributed by atoms with Gasteiger partial charge >= 0.3 is 0 Å². The molecule has 48 heavy (non-hydrogen) atoms. The lowest BCUT2D eigenvalue weighted by Crippen LogP contribution is -2.01. The normalized spacial score (nSPS) is 12.6. The van der Waals surface area contributed by atoms with Crippen LogP contribution in [0.1, 0.15) is 11.1 Å². The first kappa shape index (κ1) is 32.0. The van der Waals surface area contributed by atoms with Crippen LogP contribution in [0.5, 0.6) is 11.5 Å². The second-order valence-electron chi connectivity index (χ2n) is 10.1. The van der Waals surface area contributed by atoms with Gasteiger partial charge in [0.25, 0.3) is 20.2 Å². The number of benzene rings is 4. The Labute approximate surface area is 272 Å². The van der Waals surface area contributed by atoms with E-state index in [4.69, 9.17) is 0 Å². The highest BCUT2D eigenvalue weighted by atomic mass is 32.2. The second-order valence-corrected chi connectivity index (χ2v) is 12.9. The summed E-state index contributed by atoms with van der Waals surface area (Å²) in [5.41, 5.74) is 1.40. The minimum absolute atomic E-state index is 0.0198. The predicted molar refractivity (Wildman–Crippen MR) is 177 cm³/mol. The van der Waals surface area contributed by atoms with Gasteiger partial charge in [0.2, 0.25) is 0 Å². The van der Waals surface area contributed by atoms with Crippen molar-refractivity contribution < 1.29 is 36.2 Å². The van der Waals surface area contributed by atoms with Gasteiger partial charge in [-0.2, -0.15) is 27.1 Å². The molecule has 0 saturated heterocycles. The Balaban J connectivity index is 1.32. The minimum Gasteiger partial charge on any atom is -0.506 e. The molecule has 4 aromatic carbocycles. The van der Waals surface area contributed by atoms with Gasteiger partial charge in [0.1, 0.15) is 32.3 Å². The Kier molecular flexibility index (Phi) is 8.46. The summed E-state index contributed by atoms with van der Waals surface area (Å²) < 4.78 is 69.1. The van der Waals surface area contributed by atoms with Crippen molar-refractivity contribution in [2.24, 2.45) is 20.5 Å². The molecule has 0 aliphatic heterocycles. The van der Waals surface area contributed by atoms with E-state index in [-0.39, 0.29) is 34.0 Å². The van der Waals surface area contributed by atoms with Crippen LogP contribution in [-0.2, 0) is 20.2 Å². The van der Waals surface area contributed by atoms with Crippen LogP contribution in [0.3, 0.4) is 0 Å². The third-order valence-corrected chi connectivity index (χ3v) is 8.81. The first-order chi connectivity index (χ1) is 22.9. The van der Waals surface area contributed by atoms with Gasteiger partial charge in [-0.3, -0.25) is 19.1 Å². The van der Waals surface area contributed by atoms with Crippen LogP contribution in [-0.4, -0.2) is 46.1 Å². The number of hydrogen-bond donors (Lipinski definition) is 4. The number of rotatable bonds is 8. The smallest absolute Gasteiger partial charge is 0.295 e. The number of nitrogens with zero attached hydrogens (tertiary/aromatic N) is 6. The molecular formula is C32H22N6O8S2. The molecule has 6 rings (SSSR count). The zero-order chi connectivity index (χ0) is 34.1. The summed E-state index contributed by atoms with van der Waals surface area (Å²) in [6, 6.07) is 20.1. The van der Waals surface area contributed by atoms with Gasteiger partial charge < -0.3 is 10.2 Å². The van der Waals surface area contributed by atoms with Crippen molar-refractivity contribution in [3.8, 4) is 11.5 Å². The summed E-state index contributed by atoms with van der Waals surface area (Å²) in [5, 5.41) is 37.6. The quantitative estimate of drug-likeness (QED) is 0.0695. The molecule has 0 aliphatic rings. The number of pyridine rings is 2. The largest absolute Gasteiger partial charge is 0.506 e. The van der Waals surface area contributed by atoms with E-state index >= 15 is 0 Å². The van der Waals surface area contributed by atoms with Gasteiger partial charge in [-0.25, -0.2) is 0 Å². The first-order valence-electron chi connectivity index (χ1n) is 13.8. The van der Waals surface area contributed by atoms with Crippen LogP contribution in [0.2, 0.25) is 0 Å². The number of aromatic hydroxyl groups is 2. The van der Waals surface area contributed by atoms with Crippen molar-refractivity contribution in [3.63, 3.8) is 0 Å². The molecule has 0 radical (unpaired) electrons. The fraction of sp³-hybridized carbons (Fsp3) is 0. The van der Waals surface area contributed by atoms with E-state index in [0.717, 1.165) is 12.1 Å². The average molecular weight is 683 g/mol. The van der Waals surface area contributed by atoms with E-state index in [9.17, 15) is 36.2 Å². The number of aromatic nitrogens is 2. The molecule has 0 fully saturated rings. The highest BCUT2D eigenvalue weighted by molar-refractivity contribution is 7.86. The molecule has 240 valence electrons. The Hall–Kier alpha value is -5.94. The standard InChI is InChI=1S/C32H22N6O8S2/c39-27-13-11-25(23-3-1-15-33-31(23)27)37-35-21-9-7-19(29(17-21)47(41,42)43)5-6-20-8-10-22(18-30(20)48(44,45)46)36-38-26-12-14-28(40)32-24(26)4-2-16-34-32/h1-18,39-40H,(H,41,42,43)(H,44,45,46). The number of hydrogen-bond acceptors (Lipinski definition) is 12. The number of phenolic OH excluding ortho intramolecular Hbond substituents is 2. The Morgan fingerprint density at radius 1 is 0.542 bits per heavy atom. The molecule has 0 saturated carbocycles. The topological polar surface area (TPSA) is 224 Å². The van der Waals surface area contributed by atoms with Gasteiger partial charge in [0.05, 0.1) is 22.7 Å². The second kappa shape index (κ2) is 12.7. The fourth-order valence-corrected chi connectivity index (χ4v) is 6.16. The maximum atomic E-state index is 12.3. The van der Waals surface area contributed by atoms with Crippen molar-refractivity contribution in [2.75, 3.05) is 0 Å². The fourth-order valence-electron chi connectivity index (χ4n) is 4.76. The number of fused-ring (bicyclic) bond motifs is 2. The molecule has 14 nitrogen and oxygen atoms in total. The number of phenols is 2. The maximum absolute atomic E-state index is 12.3. The summed E-state index contributed by atoms with van der Waals surface area (Å²) in [6.45, 7) is 0. The van der Waals surface area contributed by atoms with Crippen LogP contribution in [0.4, 0.5) is 22.7 Å². The molecule has 2 heterocycles. The Bertz CT molecular complexity index is 2380. The van der Waals surface area contributed by atoms with Crippen LogP contribution < -0.4 is 0 Å². The van der Waals surface area contributed by atoms with Crippen molar-refractivity contribution in [3.05, 3.63) is 108 Å². The Morgan fingerprint density at radius 2 is 0.958 bits per heavy atom. The molecule has 16 heteroatoms. The van der Waals surface area contributed by atoms with Crippen molar-refractivity contribution in [2.45, 2.75) is 9.79 Å². The van der Waals surface area contributed by atoms with Crippen molar-refractivity contribution in [1.82, 2.24) is 9.97 Å². The van der Waals surface area contributed by atoms with Gasteiger partial charge in [0, 0.05) is 23.2 Å². The molecule has 0 unspecified atom stereocenters. The maximum Gasteiger partial charge on any atom is 0.295 e. The highest BCUT2D eigenvalue weighted by Gasteiger charge is 2.18. The van der Waals surface area contributed by atoms with Crippen LogP contribution in [0.25, 0.3) is 34.0 Å². The van der Waals surface area contributed by atoms with E-state index in [1.165, 1.54) is 73.1 Å². The van der Waals surface area contributed by atoms with Crippen molar-refractivity contribution in [1.29, 1.82) is 0 Å². The van der Waals surface area contributed by atoms with Gasteiger partial charge in [0.15, 0.2) is 0 Å². The van der Waals surface area contributed by atoms with Gasteiger partial charge in [-0.1, -0.05) is 24.3 Å². The molecular weight excluding hydrogens is 661 g/mol. The summed E-state index contributed by atoms with van der Waals surface area (Å²) in [6.07, 6.45) is 5.49. The highest BCUT2D eigenvalue weighted by Crippen LogP contribution is 2.34. The average Bonchev–Trinajstić information content (AvgIpc) is 3.06. The third-order valence-electron chi connectivity index (χ3n) is 6.99. The van der Waals surface area contributed by atoms with Gasteiger partial charge in [-0.05, 0) is 83.9 Å². The van der Waals surface area contributed by atoms with E-state index < -0.39 is 30.0 Å². The lowest BCUT2D eigenvalue weighted by molar-refractivity contribution is 0.480. The summed E-state index contributed by atoms with van der Waals surface area (Å²) in [4.78, 5) is 7.15. The summed E-state index contributed by atoms with van der Waals surface area (Å²) in [5.74, 6) is -0.0998. The number of azo groups is 2. The zero-order valence-electron chi connectivity index (χ0n) is 24.3.